The average Bonchev–Trinajstić information content (AvgIpc) is 3.67. The summed E-state index contributed by atoms with van der Waals surface area (Å²) >= 11 is 12.0. The Bertz CT molecular complexity index is 1610. The maximum Gasteiger partial charge on any atom is 0.316 e. The van der Waals surface area contributed by atoms with E-state index in [-0.39, 0.29) is 24.3 Å². The van der Waals surface area contributed by atoms with Crippen molar-refractivity contribution in [2.75, 3.05) is 13.2 Å². The lowest BCUT2D eigenvalue weighted by molar-refractivity contribution is -0.146. The number of benzene rings is 4. The molecule has 49 heavy (non-hydrogen) atoms. The normalized spacial score (nSPS) is 12.6. The van der Waals surface area contributed by atoms with E-state index in [0.717, 1.165) is 36.8 Å². The minimum atomic E-state index is -0.502. The van der Waals surface area contributed by atoms with Crippen molar-refractivity contribution in [2.45, 2.75) is 50.9 Å². The Kier molecular flexibility index (Phi) is 13.0. The molecule has 0 unspecified atom stereocenters. The molecule has 0 aliphatic heterocycles. The molecular formula is C41H40Cl2O6. The van der Waals surface area contributed by atoms with E-state index in [4.69, 9.17) is 42.1 Å². The van der Waals surface area contributed by atoms with Gasteiger partial charge in [-0.2, -0.15) is 0 Å². The van der Waals surface area contributed by atoms with Crippen LogP contribution in [0.3, 0.4) is 0 Å². The molecule has 0 spiro atoms. The van der Waals surface area contributed by atoms with Crippen LogP contribution in [0.5, 0.6) is 23.0 Å². The number of esters is 2. The average molecular weight is 700 g/mol. The molecule has 0 saturated heterocycles. The monoisotopic (exact) mass is 698 g/mol. The Balaban J connectivity index is 1.16. The third-order valence-electron chi connectivity index (χ3n) is 8.48. The SMILES string of the molecule is CC(CCC(=O)OCCCCCCOC(=O)C1C=CC=C1)(c1ccc(Oc2ccc(Cl)cc2)cc1)c1ccc(Oc2ccc(Cl)cc2)cc1. The summed E-state index contributed by atoms with van der Waals surface area (Å²) < 4.78 is 23.0. The highest BCUT2D eigenvalue weighted by Gasteiger charge is 2.30. The van der Waals surface area contributed by atoms with Gasteiger partial charge in [0.15, 0.2) is 0 Å². The van der Waals surface area contributed by atoms with E-state index in [1.165, 1.54) is 0 Å². The molecule has 0 amide bonds. The van der Waals surface area contributed by atoms with E-state index < -0.39 is 5.41 Å². The van der Waals surface area contributed by atoms with E-state index in [9.17, 15) is 9.59 Å². The van der Waals surface area contributed by atoms with Gasteiger partial charge in [-0.15, -0.1) is 0 Å². The molecule has 4 aromatic rings. The quantitative estimate of drug-likeness (QED) is 0.0807. The number of unbranched alkanes of at least 4 members (excludes halogenated alkanes) is 3. The fourth-order valence-corrected chi connectivity index (χ4v) is 5.79. The molecule has 1 aliphatic carbocycles. The van der Waals surface area contributed by atoms with Gasteiger partial charge in [-0.05, 0) is 116 Å². The minimum absolute atomic E-state index is 0.213. The smallest absolute Gasteiger partial charge is 0.316 e. The molecule has 4 aromatic carbocycles. The first-order valence-corrected chi connectivity index (χ1v) is 17.3. The highest BCUT2D eigenvalue weighted by atomic mass is 35.5. The van der Waals surface area contributed by atoms with Crippen molar-refractivity contribution < 1.29 is 28.5 Å². The van der Waals surface area contributed by atoms with Crippen LogP contribution in [0.1, 0.15) is 56.6 Å². The fraction of sp³-hybridized carbons (Fsp3) is 0.268. The van der Waals surface area contributed by atoms with Crippen molar-refractivity contribution in [3.63, 3.8) is 0 Å². The maximum atomic E-state index is 12.9. The maximum absolute atomic E-state index is 12.9. The zero-order valence-electron chi connectivity index (χ0n) is 27.5. The van der Waals surface area contributed by atoms with Crippen LogP contribution >= 0.6 is 23.2 Å². The van der Waals surface area contributed by atoms with Crippen LogP contribution in [-0.4, -0.2) is 25.2 Å². The lowest BCUT2D eigenvalue weighted by Crippen LogP contribution is -2.25. The first-order chi connectivity index (χ1) is 23.8. The van der Waals surface area contributed by atoms with Gasteiger partial charge in [0.05, 0.1) is 19.1 Å². The van der Waals surface area contributed by atoms with Crippen molar-refractivity contribution in [1.82, 2.24) is 0 Å². The summed E-state index contributed by atoms with van der Waals surface area (Å²) in [6.45, 7) is 2.90. The number of carbonyl (C=O) groups is 2. The van der Waals surface area contributed by atoms with Gasteiger partial charge in [-0.25, -0.2) is 0 Å². The summed E-state index contributed by atoms with van der Waals surface area (Å²) in [5.74, 6) is 2.07. The Morgan fingerprint density at radius 2 is 1.00 bits per heavy atom. The van der Waals surface area contributed by atoms with Gasteiger partial charge >= 0.3 is 11.9 Å². The number of rotatable bonds is 17. The van der Waals surface area contributed by atoms with E-state index in [0.29, 0.717) is 52.7 Å². The standard InChI is InChI=1S/C41H40Cl2O6/c1-41(31-10-18-35(19-11-31)48-37-22-14-33(42)15-23-37,32-12-20-36(21-13-32)49-38-24-16-34(43)17-25-38)27-26-39(44)46-28-6-2-3-7-29-47-40(45)30-8-4-5-9-30/h4-5,8-25,30H,2-3,6-7,26-29H2,1H3. The molecule has 6 nitrogen and oxygen atoms in total. The topological polar surface area (TPSA) is 71.1 Å². The number of carbonyl (C=O) groups excluding carboxylic acids is 2. The van der Waals surface area contributed by atoms with E-state index >= 15 is 0 Å². The van der Waals surface area contributed by atoms with Crippen LogP contribution in [0, 0.1) is 5.92 Å². The van der Waals surface area contributed by atoms with Crippen molar-refractivity contribution in [3.8, 4) is 23.0 Å². The highest BCUT2D eigenvalue weighted by Crippen LogP contribution is 2.39. The van der Waals surface area contributed by atoms with Crippen LogP contribution in [0.2, 0.25) is 10.0 Å². The molecule has 0 radical (unpaired) electrons. The van der Waals surface area contributed by atoms with Gasteiger partial charge in [0.1, 0.15) is 23.0 Å². The van der Waals surface area contributed by atoms with Crippen LogP contribution in [-0.2, 0) is 24.5 Å². The first kappa shape index (κ1) is 35.8. The second kappa shape index (κ2) is 17.8. The molecule has 8 heteroatoms. The third-order valence-corrected chi connectivity index (χ3v) is 8.98. The zero-order chi connectivity index (χ0) is 34.5. The van der Waals surface area contributed by atoms with Crippen LogP contribution in [0.4, 0.5) is 0 Å². The summed E-state index contributed by atoms with van der Waals surface area (Å²) in [6.07, 6.45) is 11.5. The van der Waals surface area contributed by atoms with Crippen molar-refractivity contribution >= 4 is 35.1 Å². The molecule has 0 heterocycles. The molecule has 0 saturated carbocycles. The fourth-order valence-electron chi connectivity index (χ4n) is 5.54. The summed E-state index contributed by atoms with van der Waals surface area (Å²) in [5, 5.41) is 1.29. The van der Waals surface area contributed by atoms with Gasteiger partial charge in [-0.1, -0.05) is 78.7 Å². The van der Waals surface area contributed by atoms with Crippen molar-refractivity contribution in [1.29, 1.82) is 0 Å². The summed E-state index contributed by atoms with van der Waals surface area (Å²) in [7, 11) is 0. The second-order valence-electron chi connectivity index (χ2n) is 12.1. The lowest BCUT2D eigenvalue weighted by atomic mass is 9.73. The predicted molar refractivity (Wildman–Crippen MR) is 194 cm³/mol. The van der Waals surface area contributed by atoms with Crippen LogP contribution in [0.15, 0.2) is 121 Å². The number of halogens is 2. The van der Waals surface area contributed by atoms with E-state index in [2.05, 4.69) is 6.92 Å². The third kappa shape index (κ3) is 10.7. The van der Waals surface area contributed by atoms with Gasteiger partial charge in [0, 0.05) is 21.9 Å². The van der Waals surface area contributed by atoms with Gasteiger partial charge in [0.25, 0.3) is 0 Å². The second-order valence-corrected chi connectivity index (χ2v) is 13.0. The molecule has 254 valence electrons. The molecular weight excluding hydrogens is 659 g/mol. The Morgan fingerprint density at radius 3 is 1.45 bits per heavy atom. The van der Waals surface area contributed by atoms with E-state index in [1.807, 2.05) is 97.1 Å². The zero-order valence-corrected chi connectivity index (χ0v) is 29.0. The Morgan fingerprint density at radius 1 is 0.592 bits per heavy atom. The van der Waals surface area contributed by atoms with Crippen LogP contribution in [0.25, 0.3) is 0 Å². The molecule has 0 atom stereocenters. The van der Waals surface area contributed by atoms with Crippen molar-refractivity contribution in [3.05, 3.63) is 143 Å². The molecule has 1 aliphatic rings. The van der Waals surface area contributed by atoms with E-state index in [1.54, 1.807) is 24.3 Å². The van der Waals surface area contributed by atoms with Gasteiger partial charge in [0.2, 0.25) is 0 Å². The molecule has 5 rings (SSSR count). The number of ether oxygens (including phenoxy) is 4. The Hall–Kier alpha value is -4.52. The minimum Gasteiger partial charge on any atom is -0.466 e. The largest absolute Gasteiger partial charge is 0.466 e. The van der Waals surface area contributed by atoms with Crippen LogP contribution < -0.4 is 9.47 Å². The summed E-state index contributed by atoms with van der Waals surface area (Å²) in [5.41, 5.74) is 1.57. The van der Waals surface area contributed by atoms with Crippen molar-refractivity contribution in [2.24, 2.45) is 5.92 Å². The molecule has 0 fully saturated rings. The number of hydrogen-bond acceptors (Lipinski definition) is 6. The molecule has 0 bridgehead atoms. The Labute approximate surface area is 298 Å². The van der Waals surface area contributed by atoms with Gasteiger partial charge < -0.3 is 18.9 Å². The molecule has 0 aromatic heterocycles. The predicted octanol–water partition coefficient (Wildman–Crippen LogP) is 11.1. The summed E-state index contributed by atoms with van der Waals surface area (Å²) in [6, 6.07) is 30.3. The lowest BCUT2D eigenvalue weighted by Gasteiger charge is -2.31. The number of allylic oxidation sites excluding steroid dienone is 2. The highest BCUT2D eigenvalue weighted by molar-refractivity contribution is 6.30. The first-order valence-electron chi connectivity index (χ1n) is 16.5. The van der Waals surface area contributed by atoms with Gasteiger partial charge in [-0.3, -0.25) is 9.59 Å². The summed E-state index contributed by atoms with van der Waals surface area (Å²) in [4.78, 5) is 24.9. The number of hydrogen-bond donors (Lipinski definition) is 0. The molecule has 0 N–H and O–H groups in total.